The summed E-state index contributed by atoms with van der Waals surface area (Å²) in [5, 5.41) is 33.0. The lowest BCUT2D eigenvalue weighted by Crippen LogP contribution is -2.48. The van der Waals surface area contributed by atoms with E-state index in [0.717, 1.165) is 32.1 Å². The van der Waals surface area contributed by atoms with E-state index in [-0.39, 0.29) is 6.61 Å². The van der Waals surface area contributed by atoms with E-state index < -0.39 is 24.2 Å². The lowest BCUT2D eigenvalue weighted by atomic mass is 10.0. The Hall–Kier alpha value is -0.910. The second-order valence-corrected chi connectivity index (χ2v) is 14.2. The minimum absolute atomic E-state index is 0.359. The van der Waals surface area contributed by atoms with Gasteiger partial charge < -0.3 is 20.6 Å². The van der Waals surface area contributed by atoms with E-state index in [2.05, 4.69) is 19.2 Å². The van der Waals surface area contributed by atoms with Crippen LogP contribution in [-0.4, -0.2) is 46.1 Å². The average molecular weight is 652 g/mol. The summed E-state index contributed by atoms with van der Waals surface area (Å²) in [4.78, 5) is 12.4. The second kappa shape index (κ2) is 36.9. The minimum atomic E-state index is -1.09. The highest BCUT2D eigenvalue weighted by molar-refractivity contribution is 5.80. The summed E-state index contributed by atoms with van der Waals surface area (Å²) in [7, 11) is 0. The first-order chi connectivity index (χ1) is 22.6. The number of allylic oxidation sites excluding steroid dienone is 1. The van der Waals surface area contributed by atoms with Crippen LogP contribution < -0.4 is 5.32 Å². The van der Waals surface area contributed by atoms with Crippen LogP contribution in [0.4, 0.5) is 0 Å². The molecule has 0 aromatic carbocycles. The predicted molar refractivity (Wildman–Crippen MR) is 199 cm³/mol. The van der Waals surface area contributed by atoms with Gasteiger partial charge in [0.2, 0.25) is 5.91 Å². The van der Waals surface area contributed by atoms with Crippen molar-refractivity contribution in [3.05, 3.63) is 12.2 Å². The Labute approximate surface area is 287 Å². The summed E-state index contributed by atoms with van der Waals surface area (Å²) in [5.41, 5.74) is 0. The molecule has 0 spiro atoms. The van der Waals surface area contributed by atoms with Crippen molar-refractivity contribution in [3.8, 4) is 0 Å². The van der Waals surface area contributed by atoms with Gasteiger partial charge >= 0.3 is 0 Å². The van der Waals surface area contributed by atoms with Crippen molar-refractivity contribution in [2.45, 2.75) is 238 Å². The van der Waals surface area contributed by atoms with Crippen LogP contribution in [0.1, 0.15) is 219 Å². The van der Waals surface area contributed by atoms with Crippen LogP contribution in [0.2, 0.25) is 0 Å². The van der Waals surface area contributed by atoms with Crippen molar-refractivity contribution in [1.29, 1.82) is 0 Å². The first-order valence-corrected chi connectivity index (χ1v) is 20.5. The van der Waals surface area contributed by atoms with E-state index in [4.69, 9.17) is 0 Å². The maximum atomic E-state index is 12.4. The van der Waals surface area contributed by atoms with E-state index in [1.165, 1.54) is 167 Å². The number of rotatable bonds is 37. The van der Waals surface area contributed by atoms with Gasteiger partial charge in [-0.05, 0) is 19.3 Å². The molecule has 0 aliphatic carbocycles. The maximum absolute atomic E-state index is 12.4. The Bertz CT molecular complexity index is 640. The Morgan fingerprint density at radius 2 is 0.848 bits per heavy atom. The number of carbonyl (C=O) groups excluding carboxylic acids is 1. The third-order valence-corrected chi connectivity index (χ3v) is 9.63. The van der Waals surface area contributed by atoms with Gasteiger partial charge in [0.1, 0.15) is 6.10 Å². The molecule has 0 saturated heterocycles. The number of amides is 1. The van der Waals surface area contributed by atoms with Crippen LogP contribution in [0.25, 0.3) is 0 Å². The number of hydrogen-bond acceptors (Lipinski definition) is 4. The Morgan fingerprint density at radius 1 is 0.522 bits per heavy atom. The molecule has 4 N–H and O–H groups in total. The van der Waals surface area contributed by atoms with E-state index in [1.807, 2.05) is 6.08 Å². The average Bonchev–Trinajstić information content (AvgIpc) is 3.06. The summed E-state index contributed by atoms with van der Waals surface area (Å²) in [5.74, 6) is -0.501. The molecular weight excluding hydrogens is 570 g/mol. The Balaban J connectivity index is 3.66. The number of unbranched alkanes of at least 4 members (excludes halogenated alkanes) is 29. The zero-order valence-electron chi connectivity index (χ0n) is 31.0. The molecule has 5 heteroatoms. The predicted octanol–water partition coefficient (Wildman–Crippen LogP) is 11.3. The molecule has 0 fully saturated rings. The van der Waals surface area contributed by atoms with E-state index in [0.29, 0.717) is 6.42 Å². The monoisotopic (exact) mass is 652 g/mol. The van der Waals surface area contributed by atoms with Crippen molar-refractivity contribution < 1.29 is 20.1 Å². The van der Waals surface area contributed by atoms with Gasteiger partial charge in [0.05, 0.1) is 18.8 Å². The SMILES string of the molecule is CCCCCCCCCCCCCC/C=C/C(O)C(CO)NC(=O)C(O)CCCCCCCCCCCCCCCCCCCC. The summed E-state index contributed by atoms with van der Waals surface area (Å²) in [6, 6.07) is -0.791. The third-order valence-electron chi connectivity index (χ3n) is 9.63. The molecule has 3 unspecified atom stereocenters. The molecule has 1 amide bonds. The maximum Gasteiger partial charge on any atom is 0.249 e. The van der Waals surface area contributed by atoms with E-state index >= 15 is 0 Å². The number of carbonyl (C=O) groups is 1. The van der Waals surface area contributed by atoms with Crippen LogP contribution >= 0.6 is 0 Å². The largest absolute Gasteiger partial charge is 0.394 e. The molecule has 0 rings (SSSR count). The van der Waals surface area contributed by atoms with Crippen LogP contribution in [-0.2, 0) is 4.79 Å². The molecule has 46 heavy (non-hydrogen) atoms. The highest BCUT2D eigenvalue weighted by atomic mass is 16.3. The Morgan fingerprint density at radius 3 is 1.20 bits per heavy atom. The zero-order chi connectivity index (χ0) is 33.8. The molecule has 5 nitrogen and oxygen atoms in total. The fourth-order valence-electron chi connectivity index (χ4n) is 6.36. The molecule has 3 atom stereocenters. The van der Waals surface area contributed by atoms with E-state index in [9.17, 15) is 20.1 Å². The molecule has 0 heterocycles. The summed E-state index contributed by atoms with van der Waals surface area (Å²) >= 11 is 0. The molecule has 0 aromatic heterocycles. The molecule has 0 radical (unpaired) electrons. The number of aliphatic hydroxyl groups excluding tert-OH is 3. The van der Waals surface area contributed by atoms with Gasteiger partial charge in [-0.3, -0.25) is 4.79 Å². The van der Waals surface area contributed by atoms with Gasteiger partial charge in [0.25, 0.3) is 0 Å². The first-order valence-electron chi connectivity index (χ1n) is 20.5. The van der Waals surface area contributed by atoms with Gasteiger partial charge in [0, 0.05) is 0 Å². The molecular formula is C41H81NO4. The van der Waals surface area contributed by atoms with Crippen molar-refractivity contribution in [2.24, 2.45) is 0 Å². The molecule has 0 aliphatic heterocycles. The van der Waals surface area contributed by atoms with Gasteiger partial charge in [-0.15, -0.1) is 0 Å². The third kappa shape index (κ3) is 31.7. The van der Waals surface area contributed by atoms with Crippen LogP contribution in [0.3, 0.4) is 0 Å². The lowest BCUT2D eigenvalue weighted by Gasteiger charge is -2.21. The van der Waals surface area contributed by atoms with Crippen molar-refractivity contribution in [2.75, 3.05) is 6.61 Å². The van der Waals surface area contributed by atoms with Crippen molar-refractivity contribution >= 4 is 5.91 Å². The topological polar surface area (TPSA) is 89.8 Å². The highest BCUT2D eigenvalue weighted by Gasteiger charge is 2.22. The fraction of sp³-hybridized carbons (Fsp3) is 0.927. The number of nitrogens with one attached hydrogen (secondary N) is 1. The second-order valence-electron chi connectivity index (χ2n) is 14.2. The van der Waals surface area contributed by atoms with Crippen LogP contribution in [0, 0.1) is 0 Å². The van der Waals surface area contributed by atoms with Gasteiger partial charge in [0.15, 0.2) is 0 Å². The quantitative estimate of drug-likeness (QED) is 0.0397. The van der Waals surface area contributed by atoms with Crippen LogP contribution in [0.15, 0.2) is 12.2 Å². The van der Waals surface area contributed by atoms with E-state index in [1.54, 1.807) is 6.08 Å². The van der Waals surface area contributed by atoms with Gasteiger partial charge in [-0.1, -0.05) is 212 Å². The molecule has 0 bridgehead atoms. The van der Waals surface area contributed by atoms with Gasteiger partial charge in [-0.2, -0.15) is 0 Å². The number of hydrogen-bond donors (Lipinski definition) is 4. The van der Waals surface area contributed by atoms with Gasteiger partial charge in [-0.25, -0.2) is 0 Å². The molecule has 0 saturated carbocycles. The Kier molecular flexibility index (Phi) is 36.2. The van der Waals surface area contributed by atoms with Crippen LogP contribution in [0.5, 0.6) is 0 Å². The smallest absolute Gasteiger partial charge is 0.249 e. The summed E-state index contributed by atoms with van der Waals surface area (Å²) in [6.45, 7) is 4.18. The minimum Gasteiger partial charge on any atom is -0.394 e. The molecule has 274 valence electrons. The summed E-state index contributed by atoms with van der Waals surface area (Å²) < 4.78 is 0. The standard InChI is InChI=1S/C41H81NO4/c1-3-5-7-9-11-13-15-17-19-20-21-22-24-26-28-30-32-34-36-40(45)41(46)42-38(37-43)39(44)35-33-31-29-27-25-23-18-16-14-12-10-8-6-4-2/h33,35,38-40,43-45H,3-32,34,36-37H2,1-2H3,(H,42,46)/b35-33+. The molecule has 0 aromatic rings. The first kappa shape index (κ1) is 45.1. The highest BCUT2D eigenvalue weighted by Crippen LogP contribution is 2.16. The van der Waals surface area contributed by atoms with Crippen molar-refractivity contribution in [3.63, 3.8) is 0 Å². The summed E-state index contributed by atoms with van der Waals surface area (Å²) in [6.07, 6.45) is 42.3. The molecule has 0 aliphatic rings. The normalized spacial score (nSPS) is 13.8. The fourth-order valence-corrected chi connectivity index (χ4v) is 6.36. The zero-order valence-corrected chi connectivity index (χ0v) is 31.0. The van der Waals surface area contributed by atoms with Crippen molar-refractivity contribution in [1.82, 2.24) is 5.32 Å². The number of aliphatic hydroxyl groups is 3. The lowest BCUT2D eigenvalue weighted by molar-refractivity contribution is -0.131.